The summed E-state index contributed by atoms with van der Waals surface area (Å²) in [5.41, 5.74) is 0. The Balaban J connectivity index is -0.00000000750. The van der Waals surface area contributed by atoms with Gasteiger partial charge in [-0.1, -0.05) is 0 Å². The Morgan fingerprint density at radius 1 is 1.12 bits per heavy atom. The zero-order valence-electron chi connectivity index (χ0n) is 4.93. The third-order valence-corrected chi connectivity index (χ3v) is 0. The van der Waals surface area contributed by atoms with Crippen LogP contribution in [0.1, 0.15) is 0 Å². The Kier molecular flexibility index (Phi) is 99.4. The van der Waals surface area contributed by atoms with Crippen molar-refractivity contribution in [1.82, 2.24) is 6.15 Å². The molecule has 8 heavy (non-hydrogen) atoms. The molecule has 0 radical (unpaired) electrons. The predicted molar refractivity (Wildman–Crippen MR) is 15.1 cm³/mol. The molecule has 0 spiro atoms. The molecule has 0 aromatic rings. The smallest absolute Gasteiger partial charge is 0.672 e. The molecule has 40 valence electrons. The molecule has 0 atom stereocenters. The van der Waals surface area contributed by atoms with E-state index in [2.05, 4.69) is 0 Å². The van der Waals surface area contributed by atoms with Crippen LogP contribution in [0.2, 0.25) is 0 Å². The topological polar surface area (TPSA) is 130 Å². The monoisotopic (exact) mass is 157 g/mol. The first-order chi connectivity index (χ1) is 1.73. The summed E-state index contributed by atoms with van der Waals surface area (Å²) in [7, 11) is -3.63. The van der Waals surface area contributed by atoms with Gasteiger partial charge < -0.3 is 25.7 Å². The van der Waals surface area contributed by atoms with Gasteiger partial charge in [0.25, 0.3) is 0 Å². The Morgan fingerprint density at radius 2 is 1.12 bits per heavy atom. The molecule has 0 heterocycles. The van der Waals surface area contributed by atoms with Crippen molar-refractivity contribution >= 4 is 9.17 Å². The molecule has 0 aliphatic carbocycles. The van der Waals surface area contributed by atoms with Crippen LogP contribution in [0, 0.1) is 0 Å². The van der Waals surface area contributed by atoms with Crippen molar-refractivity contribution in [3.05, 3.63) is 0 Å². The molecule has 0 rings (SSSR count). The largest absolute Gasteiger partial charge is 1.00 e. The molecule has 0 unspecified atom stereocenters. The summed E-state index contributed by atoms with van der Waals surface area (Å²) < 4.78 is 8.52. The minimum Gasteiger partial charge on any atom is -0.672 e. The van der Waals surface area contributed by atoms with Crippen molar-refractivity contribution < 1.29 is 78.6 Å². The van der Waals surface area contributed by atoms with E-state index in [4.69, 9.17) is 14.1 Å². The first-order valence-corrected chi connectivity index (χ1v) is 1.84. The molecule has 5 nitrogen and oxygen atoms in total. The zero-order chi connectivity index (χ0) is 3.58. The van der Waals surface area contributed by atoms with Crippen LogP contribution in [0.5, 0.6) is 0 Å². The van der Waals surface area contributed by atoms with E-state index in [0.29, 0.717) is 0 Å². The normalized spacial score (nSPS) is 3.00. The van der Waals surface area contributed by atoms with Gasteiger partial charge in [-0.2, -0.15) is 0 Å². The van der Waals surface area contributed by atoms with Crippen LogP contribution >= 0.6 is 0 Å². The fourth-order valence-electron chi connectivity index (χ4n) is 0. The van der Waals surface area contributed by atoms with E-state index < -0.39 is 9.17 Å². The van der Waals surface area contributed by atoms with E-state index in [0.717, 1.165) is 0 Å². The molecule has 0 fully saturated rings. The average Bonchev–Trinajstić information content (AvgIpc) is 0.811. The molecule has 5 N–H and O–H groups in total. The Morgan fingerprint density at radius 3 is 1.12 bits per heavy atom. The maximum atomic E-state index is 8.52. The quantitative estimate of drug-likeness (QED) is 0.350. The van der Waals surface area contributed by atoms with Gasteiger partial charge in [0.05, 0.1) is 0 Å². The van der Waals surface area contributed by atoms with Crippen molar-refractivity contribution in [2.24, 2.45) is 0 Å². The summed E-state index contributed by atoms with van der Waals surface area (Å²) in [6, 6.07) is 0. The molecule has 8 heteroatoms. The van der Waals surface area contributed by atoms with E-state index in [1.165, 1.54) is 0 Å². The van der Waals surface area contributed by atoms with E-state index in [-0.39, 0.29) is 70.7 Å². The summed E-state index contributed by atoms with van der Waals surface area (Å²) >= 11 is 0. The van der Waals surface area contributed by atoms with E-state index in [9.17, 15) is 0 Å². The van der Waals surface area contributed by atoms with Crippen molar-refractivity contribution in [1.29, 1.82) is 0 Å². The Hall–Kier alpha value is 1.54. The van der Waals surface area contributed by atoms with Gasteiger partial charge >= 0.3 is 59.1 Å². The van der Waals surface area contributed by atoms with Crippen LogP contribution in [0.4, 0.5) is 0 Å². The van der Waals surface area contributed by atoms with Crippen LogP contribution in [0.15, 0.2) is 0 Å². The third-order valence-electron chi connectivity index (χ3n) is 0. The predicted octanol–water partition coefficient (Wildman–Crippen LogP) is -9.53. The summed E-state index contributed by atoms with van der Waals surface area (Å²) in [5, 5.41) is 0. The molecule has 0 aliphatic heterocycles. The second-order valence-electron chi connectivity index (χ2n) is 0.250. The molecular weight excluding hydrogens is 152 g/mol. The van der Waals surface area contributed by atoms with Crippen molar-refractivity contribution in [3.8, 4) is 0 Å². The van der Waals surface area contributed by atoms with E-state index in [1.54, 1.807) is 0 Å². The second-order valence-corrected chi connectivity index (χ2v) is 0.750. The summed E-state index contributed by atoms with van der Waals surface area (Å²) in [6.45, 7) is 0. The van der Waals surface area contributed by atoms with Gasteiger partial charge in [-0.05, 0) is 0 Å². The molecule has 0 bridgehead atoms. The van der Waals surface area contributed by atoms with Crippen LogP contribution in [0.3, 0.4) is 0 Å². The van der Waals surface area contributed by atoms with Gasteiger partial charge in [0, 0.05) is 9.17 Å². The Bertz CT molecular complexity index is 37.0. The summed E-state index contributed by atoms with van der Waals surface area (Å²) in [4.78, 5) is 17.0. The number of hydrogen-bond donors (Lipinski definition) is 1. The fourth-order valence-corrected chi connectivity index (χ4v) is 0. The summed E-state index contributed by atoms with van der Waals surface area (Å²) in [6.07, 6.45) is 0. The molecular formula is H5NNa2O4Si. The van der Waals surface area contributed by atoms with Crippen molar-refractivity contribution in [2.75, 3.05) is 0 Å². The maximum absolute atomic E-state index is 8.52. The van der Waals surface area contributed by atoms with Gasteiger partial charge in [-0.3, -0.25) is 0 Å². The third kappa shape index (κ3) is 136. The van der Waals surface area contributed by atoms with Crippen LogP contribution < -0.4 is 74.9 Å². The number of rotatable bonds is 0. The van der Waals surface area contributed by atoms with E-state index in [1.807, 2.05) is 0 Å². The maximum Gasteiger partial charge on any atom is 1.00 e. The first-order valence-electron chi connectivity index (χ1n) is 0.612. The molecule has 0 saturated carbocycles. The van der Waals surface area contributed by atoms with Gasteiger partial charge in [0.2, 0.25) is 0 Å². The molecule has 0 aromatic heterocycles. The SMILES string of the molecule is N.O.O=[Si]([O-])[O-].[Na+].[Na+]. The summed E-state index contributed by atoms with van der Waals surface area (Å²) in [5.74, 6) is 0. The zero-order valence-corrected chi connectivity index (χ0v) is 9.93. The first kappa shape index (κ1) is 33.8. The van der Waals surface area contributed by atoms with Crippen molar-refractivity contribution in [2.45, 2.75) is 0 Å². The number of hydrogen-bond acceptors (Lipinski definition) is 4. The molecule has 0 amide bonds. The van der Waals surface area contributed by atoms with Gasteiger partial charge in [0.15, 0.2) is 0 Å². The second kappa shape index (κ2) is 23.6. The molecule has 0 saturated heterocycles. The van der Waals surface area contributed by atoms with Crippen molar-refractivity contribution in [3.63, 3.8) is 0 Å². The minimum atomic E-state index is -3.63. The molecule has 0 aliphatic rings. The minimum absolute atomic E-state index is 0. The van der Waals surface area contributed by atoms with Crippen LogP contribution in [0.25, 0.3) is 0 Å². The van der Waals surface area contributed by atoms with Gasteiger partial charge in [-0.15, -0.1) is 0 Å². The Labute approximate surface area is 92.9 Å². The average molecular weight is 157 g/mol. The van der Waals surface area contributed by atoms with Gasteiger partial charge in [-0.25, -0.2) is 0 Å². The standard InChI is InChI=1S/H3N.2Na.O3Si.H2O/c;;;1-4(2)3;/h1H3;;;;1H2/q;2*+1;-2;. The van der Waals surface area contributed by atoms with E-state index >= 15 is 0 Å². The van der Waals surface area contributed by atoms with Crippen LogP contribution in [-0.4, -0.2) is 14.6 Å². The van der Waals surface area contributed by atoms with Crippen LogP contribution in [-0.2, 0) is 4.46 Å². The van der Waals surface area contributed by atoms with Gasteiger partial charge in [0.1, 0.15) is 0 Å². The fraction of sp³-hybridized carbons (Fsp3) is 0. The molecule has 0 aromatic carbocycles.